The Morgan fingerprint density at radius 1 is 1.20 bits per heavy atom. The van der Waals surface area contributed by atoms with Gasteiger partial charge in [0.05, 0.1) is 0 Å². The second-order valence-electron chi connectivity index (χ2n) is 6.52. The van der Waals surface area contributed by atoms with E-state index in [0.29, 0.717) is 5.92 Å². The molecule has 5 atom stereocenters. The summed E-state index contributed by atoms with van der Waals surface area (Å²) < 4.78 is 0. The van der Waals surface area contributed by atoms with Crippen LogP contribution in [0.4, 0.5) is 0 Å². The van der Waals surface area contributed by atoms with Crippen LogP contribution < -0.4 is 0 Å². The largest absolute Gasteiger partial charge is 0.399 e. The Hall–Kier alpha value is 0.0249. The van der Waals surface area contributed by atoms with Crippen LogP contribution in [0.3, 0.4) is 0 Å². The molecule has 3 fully saturated rings. The molecule has 0 amide bonds. The van der Waals surface area contributed by atoms with Gasteiger partial charge in [-0.3, -0.25) is 0 Å². The first-order valence-corrected chi connectivity index (χ1v) is 6.71. The summed E-state index contributed by atoms with van der Waals surface area (Å²) in [6.07, 6.45) is 8.26. The van der Waals surface area contributed by atoms with E-state index in [1.165, 1.54) is 38.5 Å². The van der Waals surface area contributed by atoms with Crippen molar-refractivity contribution in [2.45, 2.75) is 57.9 Å². The molecule has 3 aliphatic carbocycles. The first-order valence-electron chi connectivity index (χ1n) is 6.71. The van der Waals surface area contributed by atoms with Crippen LogP contribution in [0.2, 0.25) is 0 Å². The van der Waals surface area contributed by atoms with Gasteiger partial charge in [0.25, 0.3) is 0 Å². The van der Waals surface area contributed by atoms with Crippen molar-refractivity contribution in [2.24, 2.45) is 23.7 Å². The normalized spacial score (nSPS) is 45.5. The predicted octanol–water partition coefficient (Wildman–Crippen LogP) is 2.18. The van der Waals surface area contributed by atoms with Crippen LogP contribution in [0.1, 0.15) is 52.4 Å². The standard InChI is InChI=1S/C13H25BO/c1-9-7-10-5-3-4-6-11(9)12(8-10)13(2,14)15/h9-12,15H,3-8,14H2,1-2H3. The van der Waals surface area contributed by atoms with Crippen molar-refractivity contribution in [3.05, 3.63) is 0 Å². The Morgan fingerprint density at radius 2 is 1.87 bits per heavy atom. The molecule has 2 heteroatoms. The van der Waals surface area contributed by atoms with Gasteiger partial charge in [-0.05, 0) is 49.9 Å². The second kappa shape index (κ2) is 4.12. The summed E-state index contributed by atoms with van der Waals surface area (Å²) in [4.78, 5) is 0. The highest BCUT2D eigenvalue weighted by Gasteiger charge is 2.42. The fraction of sp³-hybridized carbons (Fsp3) is 1.00. The third-order valence-electron chi connectivity index (χ3n) is 4.85. The highest BCUT2D eigenvalue weighted by molar-refractivity contribution is 6.14. The highest BCUT2D eigenvalue weighted by Crippen LogP contribution is 2.47. The second-order valence-corrected chi connectivity index (χ2v) is 6.52. The maximum Gasteiger partial charge on any atom is 0.142 e. The average Bonchev–Trinajstić information content (AvgIpc) is 2.05. The number of hydrogen-bond donors (Lipinski definition) is 1. The summed E-state index contributed by atoms with van der Waals surface area (Å²) in [5.74, 6) is 3.06. The smallest absolute Gasteiger partial charge is 0.142 e. The van der Waals surface area contributed by atoms with Crippen molar-refractivity contribution in [3.8, 4) is 0 Å². The molecule has 86 valence electrons. The van der Waals surface area contributed by atoms with Gasteiger partial charge in [-0.1, -0.05) is 26.2 Å². The van der Waals surface area contributed by atoms with E-state index in [1.807, 2.05) is 14.8 Å². The number of rotatable bonds is 1. The first kappa shape index (κ1) is 11.5. The molecule has 0 saturated heterocycles. The molecule has 0 aliphatic heterocycles. The highest BCUT2D eigenvalue weighted by atomic mass is 16.3. The van der Waals surface area contributed by atoms with Crippen LogP contribution in [-0.2, 0) is 0 Å². The Kier molecular flexibility index (Phi) is 3.16. The van der Waals surface area contributed by atoms with Crippen molar-refractivity contribution in [1.29, 1.82) is 0 Å². The summed E-state index contributed by atoms with van der Waals surface area (Å²) in [6, 6.07) is 0. The Labute approximate surface area is 95.1 Å². The molecule has 3 rings (SSSR count). The molecule has 0 radical (unpaired) electrons. The van der Waals surface area contributed by atoms with Crippen molar-refractivity contribution in [3.63, 3.8) is 0 Å². The average molecular weight is 208 g/mol. The zero-order valence-electron chi connectivity index (χ0n) is 10.5. The summed E-state index contributed by atoms with van der Waals surface area (Å²) in [6.45, 7) is 4.42. The Balaban J connectivity index is 2.18. The minimum Gasteiger partial charge on any atom is -0.399 e. The molecule has 0 spiro atoms. The molecular formula is C13H25BO. The van der Waals surface area contributed by atoms with Crippen LogP contribution >= 0.6 is 0 Å². The fourth-order valence-electron chi connectivity index (χ4n) is 4.07. The van der Waals surface area contributed by atoms with E-state index < -0.39 is 5.50 Å². The van der Waals surface area contributed by atoms with Crippen LogP contribution in [-0.4, -0.2) is 18.5 Å². The van der Waals surface area contributed by atoms with Crippen molar-refractivity contribution in [1.82, 2.24) is 0 Å². The van der Waals surface area contributed by atoms with Crippen molar-refractivity contribution < 1.29 is 5.11 Å². The molecule has 1 nitrogen and oxygen atoms in total. The molecule has 0 aromatic rings. The van der Waals surface area contributed by atoms with Crippen LogP contribution in [0.25, 0.3) is 0 Å². The lowest BCUT2D eigenvalue weighted by Crippen LogP contribution is -2.46. The van der Waals surface area contributed by atoms with E-state index >= 15 is 0 Å². The SMILES string of the molecule is BC(C)(O)C1CC2CCCCC1C(C)C2. The quantitative estimate of drug-likeness (QED) is 0.655. The predicted molar refractivity (Wildman–Crippen MR) is 66.5 cm³/mol. The summed E-state index contributed by atoms with van der Waals surface area (Å²) in [7, 11) is 2.02. The van der Waals surface area contributed by atoms with E-state index in [9.17, 15) is 5.11 Å². The zero-order chi connectivity index (χ0) is 11.1. The molecule has 15 heavy (non-hydrogen) atoms. The molecule has 5 unspecified atom stereocenters. The lowest BCUT2D eigenvalue weighted by atomic mass is 9.55. The Bertz CT molecular complexity index is 221. The molecule has 0 aromatic heterocycles. The van der Waals surface area contributed by atoms with E-state index in [2.05, 4.69) is 6.92 Å². The topological polar surface area (TPSA) is 20.2 Å². The number of hydrogen-bond acceptors (Lipinski definition) is 1. The van der Waals surface area contributed by atoms with Crippen LogP contribution in [0.5, 0.6) is 0 Å². The lowest BCUT2D eigenvalue weighted by Gasteiger charge is -2.48. The lowest BCUT2D eigenvalue weighted by molar-refractivity contribution is -0.0256. The number of fused-ring (bicyclic) bond motifs is 5. The molecular weight excluding hydrogens is 183 g/mol. The van der Waals surface area contributed by atoms with E-state index in [1.54, 1.807) is 0 Å². The molecule has 2 bridgehead atoms. The third kappa shape index (κ3) is 2.41. The van der Waals surface area contributed by atoms with Gasteiger partial charge in [-0.25, -0.2) is 0 Å². The molecule has 0 aromatic carbocycles. The Morgan fingerprint density at radius 3 is 2.53 bits per heavy atom. The zero-order valence-corrected chi connectivity index (χ0v) is 10.5. The minimum absolute atomic E-state index is 0.463. The molecule has 3 aliphatic rings. The molecule has 1 N–H and O–H groups in total. The van der Waals surface area contributed by atoms with Crippen molar-refractivity contribution in [2.75, 3.05) is 0 Å². The van der Waals surface area contributed by atoms with Crippen molar-refractivity contribution >= 4 is 7.85 Å². The summed E-state index contributed by atoms with van der Waals surface area (Å²) >= 11 is 0. The maximum absolute atomic E-state index is 10.3. The van der Waals surface area contributed by atoms with Gasteiger partial charge < -0.3 is 5.11 Å². The maximum atomic E-state index is 10.3. The van der Waals surface area contributed by atoms with Gasteiger partial charge >= 0.3 is 0 Å². The van der Waals surface area contributed by atoms with E-state index in [4.69, 9.17) is 0 Å². The van der Waals surface area contributed by atoms with E-state index in [-0.39, 0.29) is 0 Å². The van der Waals surface area contributed by atoms with Gasteiger partial charge in [0.1, 0.15) is 7.85 Å². The van der Waals surface area contributed by atoms with Gasteiger partial charge in [-0.2, -0.15) is 0 Å². The monoisotopic (exact) mass is 208 g/mol. The first-order chi connectivity index (χ1) is 6.98. The fourth-order valence-corrected chi connectivity index (χ4v) is 4.07. The van der Waals surface area contributed by atoms with E-state index in [0.717, 1.165) is 17.8 Å². The summed E-state index contributed by atoms with van der Waals surface area (Å²) in [5, 5.41) is 10.3. The van der Waals surface area contributed by atoms with Gasteiger partial charge in [0, 0.05) is 5.50 Å². The van der Waals surface area contributed by atoms with Gasteiger partial charge in [-0.15, -0.1) is 0 Å². The third-order valence-corrected chi connectivity index (χ3v) is 4.85. The van der Waals surface area contributed by atoms with Gasteiger partial charge in [0.2, 0.25) is 0 Å². The molecule has 0 heterocycles. The van der Waals surface area contributed by atoms with Crippen LogP contribution in [0.15, 0.2) is 0 Å². The summed E-state index contributed by atoms with van der Waals surface area (Å²) in [5.41, 5.74) is -0.463. The molecule has 3 saturated carbocycles. The van der Waals surface area contributed by atoms with Gasteiger partial charge in [0.15, 0.2) is 0 Å². The number of aliphatic hydroxyl groups is 1. The minimum atomic E-state index is -0.463. The van der Waals surface area contributed by atoms with Crippen LogP contribution in [0, 0.1) is 23.7 Å².